The van der Waals surface area contributed by atoms with E-state index in [4.69, 9.17) is 4.52 Å². The molecule has 0 aliphatic rings. The molecule has 4 nitrogen and oxygen atoms in total. The van der Waals surface area contributed by atoms with E-state index >= 15 is 0 Å². The molecule has 25 heavy (non-hydrogen) atoms. The summed E-state index contributed by atoms with van der Waals surface area (Å²) in [5.74, 6) is 1.05. The molecule has 2 aromatic heterocycles. The first-order chi connectivity index (χ1) is 12.2. The first-order valence-electron chi connectivity index (χ1n) is 8.48. The van der Waals surface area contributed by atoms with E-state index < -0.39 is 0 Å². The van der Waals surface area contributed by atoms with E-state index in [1.807, 2.05) is 48.8 Å². The maximum absolute atomic E-state index is 12.2. The van der Waals surface area contributed by atoms with Crippen LogP contribution < -0.4 is 0 Å². The minimum Gasteiger partial charge on any atom is -0.361 e. The molecule has 0 atom stereocenters. The molecule has 0 N–H and O–H groups in total. The van der Waals surface area contributed by atoms with Crippen LogP contribution in [-0.4, -0.2) is 29.6 Å². The summed E-state index contributed by atoms with van der Waals surface area (Å²) in [6, 6.07) is 14.0. The van der Waals surface area contributed by atoms with Gasteiger partial charge in [-0.1, -0.05) is 35.5 Å². The summed E-state index contributed by atoms with van der Waals surface area (Å²) in [6.07, 6.45) is 3.02. The number of benzene rings is 1. The lowest BCUT2D eigenvalue weighted by Crippen LogP contribution is -2.28. The van der Waals surface area contributed by atoms with Crippen LogP contribution in [0.15, 0.2) is 57.7 Å². The predicted molar refractivity (Wildman–Crippen MR) is 101 cm³/mol. The van der Waals surface area contributed by atoms with Gasteiger partial charge in [0.1, 0.15) is 11.5 Å². The van der Waals surface area contributed by atoms with Gasteiger partial charge in [0.2, 0.25) is 5.91 Å². The van der Waals surface area contributed by atoms with Crippen molar-refractivity contribution >= 4 is 17.2 Å². The zero-order chi connectivity index (χ0) is 17.5. The van der Waals surface area contributed by atoms with E-state index in [0.717, 1.165) is 42.8 Å². The van der Waals surface area contributed by atoms with E-state index in [1.54, 1.807) is 16.2 Å². The van der Waals surface area contributed by atoms with Crippen LogP contribution in [0.5, 0.6) is 0 Å². The summed E-state index contributed by atoms with van der Waals surface area (Å²) >= 11 is 1.67. The molecule has 0 radical (unpaired) electrons. The van der Waals surface area contributed by atoms with Gasteiger partial charge in [-0.05, 0) is 35.2 Å². The normalized spacial score (nSPS) is 10.8. The van der Waals surface area contributed by atoms with E-state index in [9.17, 15) is 4.79 Å². The molecule has 0 fully saturated rings. The zero-order valence-corrected chi connectivity index (χ0v) is 15.2. The molecular weight excluding hydrogens is 332 g/mol. The van der Waals surface area contributed by atoms with Crippen LogP contribution in [0.3, 0.4) is 0 Å². The lowest BCUT2D eigenvalue weighted by atomic mass is 10.1. The molecular formula is C20H22N2O2S. The first-order valence-corrected chi connectivity index (χ1v) is 9.43. The minimum absolute atomic E-state index is 0.189. The number of rotatable bonds is 8. The Morgan fingerprint density at radius 3 is 2.80 bits per heavy atom. The Bertz CT molecular complexity index is 781. The largest absolute Gasteiger partial charge is 0.361 e. The van der Waals surface area contributed by atoms with Crippen molar-refractivity contribution in [2.75, 3.05) is 13.6 Å². The Morgan fingerprint density at radius 2 is 2.04 bits per heavy atom. The number of hydrogen-bond donors (Lipinski definition) is 0. The van der Waals surface area contributed by atoms with E-state index in [2.05, 4.69) is 16.6 Å². The Labute approximate surface area is 152 Å². The van der Waals surface area contributed by atoms with Crippen LogP contribution in [-0.2, 0) is 17.6 Å². The lowest BCUT2D eigenvalue weighted by Gasteiger charge is -2.16. The zero-order valence-electron chi connectivity index (χ0n) is 14.4. The molecule has 0 saturated carbocycles. The molecule has 0 aliphatic heterocycles. The van der Waals surface area contributed by atoms with Crippen molar-refractivity contribution < 1.29 is 9.32 Å². The fourth-order valence-corrected chi connectivity index (χ4v) is 3.37. The van der Waals surface area contributed by atoms with Crippen LogP contribution in [0.2, 0.25) is 0 Å². The molecule has 3 aromatic rings. The predicted octanol–water partition coefficient (Wildman–Crippen LogP) is 4.43. The van der Waals surface area contributed by atoms with Crippen molar-refractivity contribution in [2.24, 2.45) is 0 Å². The third-order valence-electron chi connectivity index (χ3n) is 4.18. The van der Waals surface area contributed by atoms with Gasteiger partial charge >= 0.3 is 0 Å². The average molecular weight is 354 g/mol. The lowest BCUT2D eigenvalue weighted by molar-refractivity contribution is -0.129. The van der Waals surface area contributed by atoms with Gasteiger partial charge in [-0.2, -0.15) is 11.3 Å². The highest BCUT2D eigenvalue weighted by atomic mass is 32.1. The van der Waals surface area contributed by atoms with E-state index in [0.29, 0.717) is 6.42 Å². The maximum Gasteiger partial charge on any atom is 0.222 e. The topological polar surface area (TPSA) is 46.3 Å². The highest BCUT2D eigenvalue weighted by molar-refractivity contribution is 7.07. The Morgan fingerprint density at radius 1 is 1.20 bits per heavy atom. The van der Waals surface area contributed by atoms with Crippen LogP contribution in [0, 0.1) is 0 Å². The van der Waals surface area contributed by atoms with Crippen LogP contribution in [0.4, 0.5) is 0 Å². The molecule has 5 heteroatoms. The summed E-state index contributed by atoms with van der Waals surface area (Å²) in [6.45, 7) is 0.726. The third kappa shape index (κ3) is 5.03. The van der Waals surface area contributed by atoms with Gasteiger partial charge in [0.15, 0.2) is 0 Å². The fraction of sp³-hybridized carbons (Fsp3) is 0.300. The second-order valence-corrected chi connectivity index (χ2v) is 6.87. The highest BCUT2D eigenvalue weighted by Crippen LogP contribution is 2.19. The van der Waals surface area contributed by atoms with Crippen molar-refractivity contribution in [1.29, 1.82) is 0 Å². The summed E-state index contributed by atoms with van der Waals surface area (Å²) < 4.78 is 5.41. The average Bonchev–Trinajstić information content (AvgIpc) is 3.32. The molecule has 0 aliphatic carbocycles. The Hall–Kier alpha value is -2.40. The summed E-state index contributed by atoms with van der Waals surface area (Å²) in [4.78, 5) is 14.0. The number of nitrogens with zero attached hydrogens (tertiary/aromatic N) is 2. The monoisotopic (exact) mass is 354 g/mol. The van der Waals surface area contributed by atoms with Crippen molar-refractivity contribution in [3.05, 3.63) is 64.5 Å². The summed E-state index contributed by atoms with van der Waals surface area (Å²) in [5.41, 5.74) is 3.15. The molecule has 0 spiro atoms. The second-order valence-electron chi connectivity index (χ2n) is 6.09. The van der Waals surface area contributed by atoms with Gasteiger partial charge in [-0.3, -0.25) is 4.79 Å². The number of carbonyl (C=O) groups is 1. The van der Waals surface area contributed by atoms with Crippen LogP contribution in [0.25, 0.3) is 11.3 Å². The molecule has 1 amide bonds. The summed E-state index contributed by atoms with van der Waals surface area (Å²) in [5, 5.41) is 8.27. The van der Waals surface area contributed by atoms with Crippen molar-refractivity contribution in [3.8, 4) is 11.3 Å². The van der Waals surface area contributed by atoms with Gasteiger partial charge in [-0.15, -0.1) is 0 Å². The van der Waals surface area contributed by atoms with Crippen molar-refractivity contribution in [3.63, 3.8) is 0 Å². The number of carbonyl (C=O) groups excluding carboxylic acids is 1. The molecule has 0 unspecified atom stereocenters. The molecule has 0 saturated heterocycles. The molecule has 2 heterocycles. The highest BCUT2D eigenvalue weighted by Gasteiger charge is 2.10. The molecule has 0 bridgehead atoms. The van der Waals surface area contributed by atoms with E-state index in [1.165, 1.54) is 5.56 Å². The molecule has 3 rings (SSSR count). The van der Waals surface area contributed by atoms with Crippen LogP contribution in [0.1, 0.15) is 24.2 Å². The number of thiophene rings is 1. The second kappa shape index (κ2) is 8.62. The fourth-order valence-electron chi connectivity index (χ4n) is 2.67. The smallest absolute Gasteiger partial charge is 0.222 e. The minimum atomic E-state index is 0.189. The van der Waals surface area contributed by atoms with E-state index in [-0.39, 0.29) is 5.91 Å². The van der Waals surface area contributed by atoms with Gasteiger partial charge in [0.25, 0.3) is 0 Å². The van der Waals surface area contributed by atoms with Gasteiger partial charge in [-0.25, -0.2) is 0 Å². The quantitative estimate of drug-likeness (QED) is 0.601. The summed E-state index contributed by atoms with van der Waals surface area (Å²) in [7, 11) is 1.87. The molecule has 130 valence electrons. The number of hydrogen-bond acceptors (Lipinski definition) is 4. The van der Waals surface area contributed by atoms with Crippen molar-refractivity contribution in [2.45, 2.75) is 25.7 Å². The maximum atomic E-state index is 12.2. The van der Waals surface area contributed by atoms with Gasteiger partial charge < -0.3 is 9.42 Å². The number of amides is 1. The first kappa shape index (κ1) is 17.4. The third-order valence-corrected chi connectivity index (χ3v) is 4.91. The Balaban J connectivity index is 1.41. The Kier molecular flexibility index (Phi) is 6.01. The number of aryl methyl sites for hydroxylation is 2. The van der Waals surface area contributed by atoms with Crippen molar-refractivity contribution in [1.82, 2.24) is 10.1 Å². The van der Waals surface area contributed by atoms with Crippen LogP contribution >= 0.6 is 11.3 Å². The SMILES string of the molecule is CN(CCCc1cc(-c2ccccc2)no1)C(=O)CCc1ccsc1. The standard InChI is InChI=1S/C20H22N2O2S/c1-22(20(23)10-9-16-11-13-25-15-16)12-5-8-18-14-19(21-24-18)17-6-3-2-4-7-17/h2-4,6-7,11,13-15H,5,8-10,12H2,1H3. The number of aromatic nitrogens is 1. The van der Waals surface area contributed by atoms with Gasteiger partial charge in [0.05, 0.1) is 0 Å². The molecule has 1 aromatic carbocycles. The van der Waals surface area contributed by atoms with Gasteiger partial charge in [0, 0.05) is 38.1 Å².